The fraction of sp³-hybridized carbons (Fsp3) is 0.444. The lowest BCUT2D eigenvalue weighted by Crippen LogP contribution is -2.09. The highest BCUT2D eigenvalue weighted by Gasteiger charge is 2.20. The zero-order chi connectivity index (χ0) is 9.26. The first-order valence-corrected chi connectivity index (χ1v) is 5.08. The van der Waals surface area contributed by atoms with Crippen molar-refractivity contribution in [2.75, 3.05) is 13.1 Å². The van der Waals surface area contributed by atoms with E-state index in [0.29, 0.717) is 0 Å². The van der Waals surface area contributed by atoms with Crippen LogP contribution in [0.2, 0.25) is 0 Å². The van der Waals surface area contributed by atoms with Crippen LogP contribution < -0.4 is 5.32 Å². The lowest BCUT2D eigenvalue weighted by molar-refractivity contribution is 0.548. The second kappa shape index (κ2) is 3.72. The highest BCUT2D eigenvalue weighted by molar-refractivity contribution is 9.10. The molecule has 70 valence electrons. The molecule has 1 aromatic heterocycles. The van der Waals surface area contributed by atoms with Gasteiger partial charge in [0.2, 0.25) is 5.95 Å². The second-order valence-corrected chi connectivity index (χ2v) is 4.14. The van der Waals surface area contributed by atoms with Gasteiger partial charge in [-0.05, 0) is 35.0 Å². The van der Waals surface area contributed by atoms with Gasteiger partial charge in [-0.15, -0.1) is 0 Å². The van der Waals surface area contributed by atoms with E-state index in [-0.39, 0.29) is 11.9 Å². The van der Waals surface area contributed by atoms with Gasteiger partial charge in [-0.25, -0.2) is 4.98 Å². The molecule has 1 aliphatic rings. The summed E-state index contributed by atoms with van der Waals surface area (Å²) in [4.78, 5) is 3.68. The third-order valence-electron chi connectivity index (χ3n) is 2.33. The molecule has 1 atom stereocenters. The lowest BCUT2D eigenvalue weighted by Gasteiger charge is -2.08. The van der Waals surface area contributed by atoms with E-state index in [1.54, 1.807) is 0 Å². The van der Waals surface area contributed by atoms with Crippen molar-refractivity contribution in [1.82, 2.24) is 10.3 Å². The number of hydrogen-bond donors (Lipinski definition) is 1. The molecule has 0 radical (unpaired) electrons. The van der Waals surface area contributed by atoms with E-state index in [9.17, 15) is 4.39 Å². The normalized spacial score (nSPS) is 22.2. The fourth-order valence-electron chi connectivity index (χ4n) is 1.64. The molecule has 1 N–H and O–H groups in total. The number of nitrogens with one attached hydrogen (secondary N) is 1. The number of halogens is 2. The summed E-state index contributed by atoms with van der Waals surface area (Å²) in [6.07, 6.45) is 2.48. The van der Waals surface area contributed by atoms with Crippen LogP contribution in [0.3, 0.4) is 0 Å². The van der Waals surface area contributed by atoms with Crippen LogP contribution in [0.25, 0.3) is 0 Å². The van der Waals surface area contributed by atoms with Crippen molar-refractivity contribution in [3.05, 3.63) is 28.2 Å². The second-order valence-electron chi connectivity index (χ2n) is 3.22. The smallest absolute Gasteiger partial charge is 0.216 e. The van der Waals surface area contributed by atoms with E-state index in [1.165, 1.54) is 6.20 Å². The van der Waals surface area contributed by atoms with Gasteiger partial charge in [0.05, 0.1) is 0 Å². The first-order valence-electron chi connectivity index (χ1n) is 4.29. The molecule has 0 aliphatic carbocycles. The molecule has 2 heterocycles. The van der Waals surface area contributed by atoms with Crippen LogP contribution in [-0.2, 0) is 0 Å². The molecule has 1 unspecified atom stereocenters. The van der Waals surface area contributed by atoms with Gasteiger partial charge in [0.1, 0.15) is 0 Å². The zero-order valence-corrected chi connectivity index (χ0v) is 8.64. The molecule has 4 heteroatoms. The summed E-state index contributed by atoms with van der Waals surface area (Å²) < 4.78 is 14.1. The standard InChI is InChI=1S/C9H10BrFN2/c10-7-3-8(9(11)13-5-7)6-1-2-12-4-6/h3,5-6,12H,1-2,4H2. The minimum atomic E-state index is -0.336. The van der Waals surface area contributed by atoms with Crippen molar-refractivity contribution < 1.29 is 4.39 Å². The Kier molecular flexibility index (Phi) is 2.60. The molecule has 1 fully saturated rings. The first kappa shape index (κ1) is 9.09. The van der Waals surface area contributed by atoms with Gasteiger partial charge < -0.3 is 5.32 Å². The van der Waals surface area contributed by atoms with Crippen LogP contribution in [0.15, 0.2) is 16.7 Å². The molecule has 1 saturated heterocycles. The Morgan fingerprint density at radius 3 is 3.15 bits per heavy atom. The molecule has 1 aromatic rings. The highest BCUT2D eigenvalue weighted by atomic mass is 79.9. The molecular formula is C9H10BrFN2. The van der Waals surface area contributed by atoms with Gasteiger partial charge in [-0.1, -0.05) is 0 Å². The quantitative estimate of drug-likeness (QED) is 0.766. The van der Waals surface area contributed by atoms with Crippen LogP contribution in [0.5, 0.6) is 0 Å². The maximum absolute atomic E-state index is 13.3. The Morgan fingerprint density at radius 2 is 2.46 bits per heavy atom. The summed E-state index contributed by atoms with van der Waals surface area (Å²) in [6.45, 7) is 1.83. The van der Waals surface area contributed by atoms with Crippen molar-refractivity contribution in [1.29, 1.82) is 0 Å². The topological polar surface area (TPSA) is 24.9 Å². The van der Waals surface area contributed by atoms with E-state index < -0.39 is 0 Å². The van der Waals surface area contributed by atoms with E-state index >= 15 is 0 Å². The summed E-state index contributed by atoms with van der Waals surface area (Å²) in [5, 5.41) is 3.21. The van der Waals surface area contributed by atoms with Gasteiger partial charge >= 0.3 is 0 Å². The van der Waals surface area contributed by atoms with Gasteiger partial charge in [0, 0.05) is 28.7 Å². The number of hydrogen-bond acceptors (Lipinski definition) is 2. The van der Waals surface area contributed by atoms with Crippen molar-refractivity contribution in [2.24, 2.45) is 0 Å². The molecule has 13 heavy (non-hydrogen) atoms. The monoisotopic (exact) mass is 244 g/mol. The number of rotatable bonds is 1. The molecule has 0 spiro atoms. The van der Waals surface area contributed by atoms with Crippen molar-refractivity contribution in [3.8, 4) is 0 Å². The average molecular weight is 245 g/mol. The van der Waals surface area contributed by atoms with Gasteiger partial charge in [0.25, 0.3) is 0 Å². The summed E-state index contributed by atoms with van der Waals surface area (Å²) in [5.74, 6) is -0.0538. The zero-order valence-electron chi connectivity index (χ0n) is 7.06. The Morgan fingerprint density at radius 1 is 1.62 bits per heavy atom. The van der Waals surface area contributed by atoms with Crippen molar-refractivity contribution >= 4 is 15.9 Å². The predicted molar refractivity (Wildman–Crippen MR) is 52.1 cm³/mol. The maximum atomic E-state index is 13.3. The third kappa shape index (κ3) is 1.89. The Hall–Kier alpha value is -0.480. The fourth-order valence-corrected chi connectivity index (χ4v) is 1.99. The van der Waals surface area contributed by atoms with E-state index in [1.807, 2.05) is 6.07 Å². The van der Waals surface area contributed by atoms with Gasteiger partial charge in [0.15, 0.2) is 0 Å². The molecule has 0 amide bonds. The minimum Gasteiger partial charge on any atom is -0.316 e. The summed E-state index contributed by atoms with van der Waals surface area (Å²) >= 11 is 3.29. The molecule has 2 rings (SSSR count). The number of pyridine rings is 1. The third-order valence-corrected chi connectivity index (χ3v) is 2.77. The van der Waals surface area contributed by atoms with Crippen molar-refractivity contribution in [3.63, 3.8) is 0 Å². The van der Waals surface area contributed by atoms with Gasteiger partial charge in [-0.3, -0.25) is 0 Å². The lowest BCUT2D eigenvalue weighted by atomic mass is 10.0. The van der Waals surface area contributed by atoms with E-state index in [2.05, 4.69) is 26.2 Å². The summed E-state index contributed by atoms with van der Waals surface area (Å²) in [6, 6.07) is 1.82. The summed E-state index contributed by atoms with van der Waals surface area (Å²) in [7, 11) is 0. The van der Waals surface area contributed by atoms with Crippen LogP contribution in [-0.4, -0.2) is 18.1 Å². The Bertz CT molecular complexity index is 310. The first-order chi connectivity index (χ1) is 6.27. The Labute approximate surface area is 84.7 Å². The van der Waals surface area contributed by atoms with Crippen molar-refractivity contribution in [2.45, 2.75) is 12.3 Å². The van der Waals surface area contributed by atoms with Crippen LogP contribution >= 0.6 is 15.9 Å². The molecule has 0 saturated carbocycles. The van der Waals surface area contributed by atoms with Crippen LogP contribution in [0.1, 0.15) is 17.9 Å². The Balaban J connectivity index is 2.32. The molecule has 1 aliphatic heterocycles. The van der Waals surface area contributed by atoms with Crippen LogP contribution in [0.4, 0.5) is 4.39 Å². The molecule has 0 aromatic carbocycles. The largest absolute Gasteiger partial charge is 0.316 e. The average Bonchev–Trinajstić information content (AvgIpc) is 2.61. The minimum absolute atomic E-state index is 0.282. The SMILES string of the molecule is Fc1ncc(Br)cc1C1CCNC1. The highest BCUT2D eigenvalue weighted by Crippen LogP contribution is 2.25. The predicted octanol–water partition coefficient (Wildman–Crippen LogP) is 2.06. The molecular weight excluding hydrogens is 235 g/mol. The number of nitrogens with zero attached hydrogens (tertiary/aromatic N) is 1. The van der Waals surface area contributed by atoms with E-state index in [4.69, 9.17) is 0 Å². The maximum Gasteiger partial charge on any atom is 0.216 e. The molecule has 2 nitrogen and oxygen atoms in total. The van der Waals surface area contributed by atoms with Gasteiger partial charge in [-0.2, -0.15) is 4.39 Å². The van der Waals surface area contributed by atoms with E-state index in [0.717, 1.165) is 29.5 Å². The molecule has 0 bridgehead atoms. The van der Waals surface area contributed by atoms with Crippen LogP contribution in [0, 0.1) is 5.95 Å². The summed E-state index contributed by atoms with van der Waals surface area (Å²) in [5.41, 5.74) is 0.722. The number of aromatic nitrogens is 1.